The number of hydrogen-bond donors (Lipinski definition) is 0. The summed E-state index contributed by atoms with van der Waals surface area (Å²) in [6, 6.07) is 27.1. The lowest BCUT2D eigenvalue weighted by atomic mass is 10.2. The van der Waals surface area contributed by atoms with E-state index >= 15 is 0 Å². The highest BCUT2D eigenvalue weighted by molar-refractivity contribution is 7.78. The topological polar surface area (TPSA) is 57.0 Å². The van der Waals surface area contributed by atoms with Crippen LogP contribution in [0.4, 0.5) is 0 Å². The van der Waals surface area contributed by atoms with E-state index in [0.29, 0.717) is 12.7 Å². The molecule has 0 N–H and O–H groups in total. The molecule has 0 aliphatic carbocycles. The van der Waals surface area contributed by atoms with Gasteiger partial charge in [-0.2, -0.15) is 0 Å². The second-order valence-electron chi connectivity index (χ2n) is 6.82. The Morgan fingerprint density at radius 1 is 0.862 bits per heavy atom. The van der Waals surface area contributed by atoms with Gasteiger partial charge in [0.1, 0.15) is 12.9 Å². The van der Waals surface area contributed by atoms with Crippen molar-refractivity contribution in [1.82, 2.24) is 15.0 Å². The molecule has 0 radical (unpaired) electrons. The van der Waals surface area contributed by atoms with Crippen molar-refractivity contribution in [3.63, 3.8) is 0 Å². The SMILES string of the molecule is COc1ccc(Cn2cc(CP(=O)(c3ccccc3)c3ccccc3)nn2)cc1. The highest BCUT2D eigenvalue weighted by Gasteiger charge is 2.28. The van der Waals surface area contributed by atoms with E-state index in [2.05, 4.69) is 10.3 Å². The Balaban J connectivity index is 1.60. The van der Waals surface area contributed by atoms with Crippen LogP contribution in [-0.2, 0) is 17.3 Å². The van der Waals surface area contributed by atoms with Gasteiger partial charge in [-0.05, 0) is 17.7 Å². The summed E-state index contributed by atoms with van der Waals surface area (Å²) >= 11 is 0. The van der Waals surface area contributed by atoms with Crippen molar-refractivity contribution >= 4 is 17.8 Å². The second kappa shape index (κ2) is 8.46. The summed E-state index contributed by atoms with van der Waals surface area (Å²) in [7, 11) is -1.21. The van der Waals surface area contributed by atoms with E-state index in [1.165, 1.54) is 0 Å². The first-order chi connectivity index (χ1) is 14.2. The Bertz CT molecular complexity index is 1070. The molecular formula is C23H22N3O2P. The predicted octanol–water partition coefficient (Wildman–Crippen LogP) is 3.85. The lowest BCUT2D eigenvalue weighted by molar-refractivity contribution is 0.414. The molecule has 1 heterocycles. The van der Waals surface area contributed by atoms with Crippen LogP contribution in [-0.4, -0.2) is 22.1 Å². The second-order valence-corrected chi connectivity index (χ2v) is 9.65. The summed E-state index contributed by atoms with van der Waals surface area (Å²) in [5.74, 6) is 0.819. The van der Waals surface area contributed by atoms with Crippen LogP contribution in [0.3, 0.4) is 0 Å². The van der Waals surface area contributed by atoms with Gasteiger partial charge < -0.3 is 9.30 Å². The molecule has 0 bridgehead atoms. The number of rotatable bonds is 7. The Hall–Kier alpha value is -3.17. The Kier molecular flexibility index (Phi) is 5.59. The van der Waals surface area contributed by atoms with Crippen LogP contribution in [0.2, 0.25) is 0 Å². The van der Waals surface area contributed by atoms with E-state index in [4.69, 9.17) is 4.74 Å². The standard InChI is InChI=1S/C23H22N3O2P/c1-28-21-14-12-19(13-15-21)16-26-17-20(24-25-26)18-29(27,22-8-4-2-5-9-22)23-10-6-3-7-11-23/h2-15,17H,16,18H2,1H3. The molecule has 4 aromatic rings. The molecule has 0 spiro atoms. The van der Waals surface area contributed by atoms with Crippen molar-refractivity contribution in [2.24, 2.45) is 0 Å². The number of nitrogens with zero attached hydrogens (tertiary/aromatic N) is 3. The number of aromatic nitrogens is 3. The minimum atomic E-state index is -2.86. The van der Waals surface area contributed by atoms with Crippen molar-refractivity contribution < 1.29 is 9.30 Å². The first-order valence-corrected chi connectivity index (χ1v) is 11.3. The molecule has 5 nitrogen and oxygen atoms in total. The fraction of sp³-hybridized carbons (Fsp3) is 0.130. The molecule has 0 amide bonds. The van der Waals surface area contributed by atoms with Crippen molar-refractivity contribution in [3.05, 3.63) is 102 Å². The zero-order valence-corrected chi connectivity index (χ0v) is 17.1. The highest BCUT2D eigenvalue weighted by Crippen LogP contribution is 2.46. The van der Waals surface area contributed by atoms with Crippen molar-refractivity contribution in [2.75, 3.05) is 7.11 Å². The third-order valence-corrected chi connectivity index (χ3v) is 7.85. The average molecular weight is 403 g/mol. The number of ether oxygens (including phenoxy) is 1. The third-order valence-electron chi connectivity index (χ3n) is 4.82. The van der Waals surface area contributed by atoms with E-state index in [0.717, 1.165) is 27.6 Å². The van der Waals surface area contributed by atoms with E-state index in [-0.39, 0.29) is 0 Å². The van der Waals surface area contributed by atoms with Gasteiger partial charge in [0.2, 0.25) is 0 Å². The fourth-order valence-electron chi connectivity index (χ4n) is 3.30. The summed E-state index contributed by atoms with van der Waals surface area (Å²) in [6.07, 6.45) is 2.21. The van der Waals surface area contributed by atoms with Crippen LogP contribution < -0.4 is 15.3 Å². The normalized spacial score (nSPS) is 11.3. The van der Waals surface area contributed by atoms with E-state index in [1.807, 2.05) is 91.1 Å². The van der Waals surface area contributed by atoms with Gasteiger partial charge in [0.15, 0.2) is 0 Å². The molecule has 0 saturated heterocycles. The quantitative estimate of drug-likeness (QED) is 0.440. The fourth-order valence-corrected chi connectivity index (χ4v) is 5.88. The highest BCUT2D eigenvalue weighted by atomic mass is 31.2. The Morgan fingerprint density at radius 3 is 2.00 bits per heavy atom. The van der Waals surface area contributed by atoms with Gasteiger partial charge in [-0.25, -0.2) is 4.68 Å². The first kappa shape index (κ1) is 19.2. The molecule has 0 aliphatic rings. The van der Waals surface area contributed by atoms with Crippen molar-refractivity contribution in [3.8, 4) is 5.75 Å². The number of benzene rings is 3. The lowest BCUT2D eigenvalue weighted by Gasteiger charge is -2.18. The lowest BCUT2D eigenvalue weighted by Crippen LogP contribution is -2.17. The summed E-state index contributed by atoms with van der Waals surface area (Å²) < 4.78 is 21.1. The minimum absolute atomic E-state index is 0.337. The molecule has 0 fully saturated rings. The molecule has 3 aromatic carbocycles. The summed E-state index contributed by atoms with van der Waals surface area (Å²) in [5, 5.41) is 10.2. The van der Waals surface area contributed by atoms with Gasteiger partial charge in [-0.15, -0.1) is 5.10 Å². The molecule has 6 heteroatoms. The third kappa shape index (κ3) is 4.30. The van der Waals surface area contributed by atoms with Crippen molar-refractivity contribution in [1.29, 1.82) is 0 Å². The van der Waals surface area contributed by atoms with Crippen LogP contribution in [0.5, 0.6) is 5.75 Å². The molecular weight excluding hydrogens is 381 g/mol. The molecule has 0 aliphatic heterocycles. The van der Waals surface area contributed by atoms with Gasteiger partial charge in [0.25, 0.3) is 0 Å². The maximum atomic E-state index is 14.1. The first-order valence-electron chi connectivity index (χ1n) is 9.39. The van der Waals surface area contributed by atoms with Gasteiger partial charge in [-0.1, -0.05) is 78.0 Å². The maximum absolute atomic E-state index is 14.1. The van der Waals surface area contributed by atoms with Crippen LogP contribution in [0.15, 0.2) is 91.1 Å². The zero-order valence-electron chi connectivity index (χ0n) is 16.2. The molecule has 29 heavy (non-hydrogen) atoms. The molecule has 1 aromatic heterocycles. The smallest absolute Gasteiger partial charge is 0.149 e. The van der Waals surface area contributed by atoms with E-state index in [1.54, 1.807) is 11.8 Å². The largest absolute Gasteiger partial charge is 0.497 e. The van der Waals surface area contributed by atoms with Crippen LogP contribution in [0.25, 0.3) is 0 Å². The van der Waals surface area contributed by atoms with Crippen molar-refractivity contribution in [2.45, 2.75) is 12.7 Å². The van der Waals surface area contributed by atoms with Crippen LogP contribution >= 0.6 is 7.14 Å². The molecule has 0 atom stereocenters. The van der Waals surface area contributed by atoms with E-state index in [9.17, 15) is 4.57 Å². The average Bonchev–Trinajstić information content (AvgIpc) is 3.22. The van der Waals surface area contributed by atoms with Crippen LogP contribution in [0, 0.1) is 0 Å². The molecule has 0 unspecified atom stereocenters. The minimum Gasteiger partial charge on any atom is -0.497 e. The molecule has 0 saturated carbocycles. The number of methoxy groups -OCH3 is 1. The summed E-state index contributed by atoms with van der Waals surface area (Å²) in [5.41, 5.74) is 1.81. The van der Waals surface area contributed by atoms with Crippen LogP contribution in [0.1, 0.15) is 11.3 Å². The Labute approximate surface area is 170 Å². The van der Waals surface area contributed by atoms with Gasteiger partial charge >= 0.3 is 0 Å². The summed E-state index contributed by atoms with van der Waals surface area (Å²) in [4.78, 5) is 0. The Morgan fingerprint density at radius 2 is 1.45 bits per heavy atom. The summed E-state index contributed by atoms with van der Waals surface area (Å²) in [6.45, 7) is 0.595. The van der Waals surface area contributed by atoms with Gasteiger partial charge in [0.05, 0.1) is 25.5 Å². The molecule has 146 valence electrons. The molecule has 4 rings (SSSR count). The zero-order chi connectivity index (χ0) is 20.1. The monoisotopic (exact) mass is 403 g/mol. The van der Waals surface area contributed by atoms with E-state index < -0.39 is 7.14 Å². The van der Waals surface area contributed by atoms with Gasteiger partial charge in [-0.3, -0.25) is 0 Å². The number of hydrogen-bond acceptors (Lipinski definition) is 4. The maximum Gasteiger partial charge on any atom is 0.149 e. The van der Waals surface area contributed by atoms with Gasteiger partial charge in [0, 0.05) is 16.8 Å². The predicted molar refractivity (Wildman–Crippen MR) is 116 cm³/mol.